The molecule has 118 valence electrons. The van der Waals surface area contributed by atoms with Crippen LogP contribution in [-0.4, -0.2) is 18.0 Å². The second-order valence-corrected chi connectivity index (χ2v) is 4.88. The van der Waals surface area contributed by atoms with Crippen molar-refractivity contribution in [2.75, 3.05) is 7.11 Å². The number of nitriles is 1. The molecule has 0 spiro atoms. The molecule has 0 radical (unpaired) electrons. The fourth-order valence-corrected chi connectivity index (χ4v) is 2.51. The topological polar surface area (TPSA) is 131 Å². The molecule has 8 heteroatoms. The number of dihydropyridines is 1. The van der Waals surface area contributed by atoms with Crippen molar-refractivity contribution >= 4 is 11.7 Å². The summed E-state index contributed by atoms with van der Waals surface area (Å²) in [5, 5.41) is 23.1. The molecule has 0 aromatic heterocycles. The van der Waals surface area contributed by atoms with Gasteiger partial charge in [0, 0.05) is 17.8 Å². The minimum absolute atomic E-state index is 0.106. The van der Waals surface area contributed by atoms with Gasteiger partial charge in [-0.1, -0.05) is 12.1 Å². The van der Waals surface area contributed by atoms with Gasteiger partial charge in [-0.2, -0.15) is 5.26 Å². The van der Waals surface area contributed by atoms with Crippen LogP contribution in [0.15, 0.2) is 46.9 Å². The van der Waals surface area contributed by atoms with Gasteiger partial charge in [0.2, 0.25) is 0 Å². The fraction of sp³-hybridized carbons (Fsp3) is 0.200. The number of hydrogen-bond acceptors (Lipinski definition) is 7. The van der Waals surface area contributed by atoms with Crippen LogP contribution < -0.4 is 11.1 Å². The Hall–Kier alpha value is -3.34. The lowest BCUT2D eigenvalue weighted by molar-refractivity contribution is -0.384. The number of hydrogen-bond donors (Lipinski definition) is 2. The summed E-state index contributed by atoms with van der Waals surface area (Å²) < 4.78 is 4.77. The van der Waals surface area contributed by atoms with Gasteiger partial charge in [-0.15, -0.1) is 0 Å². The van der Waals surface area contributed by atoms with Gasteiger partial charge in [0.1, 0.15) is 5.82 Å². The predicted octanol–water partition coefficient (Wildman–Crippen LogP) is 1.42. The molecular formula is C15H14N4O4. The second kappa shape index (κ2) is 6.19. The third-order valence-electron chi connectivity index (χ3n) is 3.53. The Labute approximate surface area is 132 Å². The molecule has 3 N–H and O–H groups in total. The van der Waals surface area contributed by atoms with Gasteiger partial charge in [-0.3, -0.25) is 10.1 Å². The summed E-state index contributed by atoms with van der Waals surface area (Å²) >= 11 is 0. The molecule has 8 nitrogen and oxygen atoms in total. The van der Waals surface area contributed by atoms with Crippen LogP contribution >= 0.6 is 0 Å². The molecule has 0 saturated carbocycles. The third-order valence-corrected chi connectivity index (χ3v) is 3.53. The Balaban J connectivity index is 2.68. The van der Waals surface area contributed by atoms with Crippen LogP contribution in [0.25, 0.3) is 0 Å². The highest BCUT2D eigenvalue weighted by molar-refractivity contribution is 5.93. The molecule has 23 heavy (non-hydrogen) atoms. The largest absolute Gasteiger partial charge is 0.466 e. The van der Waals surface area contributed by atoms with Gasteiger partial charge >= 0.3 is 5.97 Å². The number of allylic oxidation sites excluding steroid dienone is 2. The molecule has 0 saturated heterocycles. The highest BCUT2D eigenvalue weighted by atomic mass is 16.6. The molecule has 1 unspecified atom stereocenters. The van der Waals surface area contributed by atoms with Crippen molar-refractivity contribution in [3.8, 4) is 6.07 Å². The maximum atomic E-state index is 12.1. The van der Waals surface area contributed by atoms with E-state index in [0.717, 1.165) is 0 Å². The molecule has 2 rings (SSSR count). The van der Waals surface area contributed by atoms with E-state index in [-0.39, 0.29) is 22.7 Å². The monoisotopic (exact) mass is 314 g/mol. The van der Waals surface area contributed by atoms with E-state index < -0.39 is 16.8 Å². The molecule has 0 amide bonds. The number of nitro groups is 1. The number of nitrogens with one attached hydrogen (secondary N) is 1. The number of non-ortho nitro benzene ring substituents is 1. The van der Waals surface area contributed by atoms with Crippen molar-refractivity contribution in [3.63, 3.8) is 0 Å². The molecule has 1 atom stereocenters. The highest BCUT2D eigenvalue weighted by Crippen LogP contribution is 2.38. The maximum absolute atomic E-state index is 12.1. The third kappa shape index (κ3) is 2.85. The number of benzene rings is 1. The van der Waals surface area contributed by atoms with E-state index >= 15 is 0 Å². The van der Waals surface area contributed by atoms with Crippen LogP contribution in [0.5, 0.6) is 0 Å². The fourth-order valence-electron chi connectivity index (χ4n) is 2.51. The first kappa shape index (κ1) is 16.0. The Morgan fingerprint density at radius 2 is 2.22 bits per heavy atom. The number of esters is 1. The molecule has 0 fully saturated rings. The van der Waals surface area contributed by atoms with Crippen molar-refractivity contribution in [1.82, 2.24) is 5.32 Å². The van der Waals surface area contributed by atoms with Crippen LogP contribution in [0.1, 0.15) is 18.4 Å². The van der Waals surface area contributed by atoms with Gasteiger partial charge in [-0.25, -0.2) is 4.79 Å². The lowest BCUT2D eigenvalue weighted by atomic mass is 9.82. The number of nitro benzene ring substituents is 1. The summed E-state index contributed by atoms with van der Waals surface area (Å²) in [4.78, 5) is 22.6. The van der Waals surface area contributed by atoms with Crippen LogP contribution in [0, 0.1) is 21.4 Å². The van der Waals surface area contributed by atoms with E-state index in [1.54, 1.807) is 13.0 Å². The van der Waals surface area contributed by atoms with Gasteiger partial charge in [0.25, 0.3) is 5.69 Å². The summed E-state index contributed by atoms with van der Waals surface area (Å²) in [6.07, 6.45) is 0. The number of carbonyl (C=O) groups is 1. The number of methoxy groups -OCH3 is 1. The average Bonchev–Trinajstić information content (AvgIpc) is 2.53. The zero-order chi connectivity index (χ0) is 17.1. The normalized spacial score (nSPS) is 17.3. The molecule has 1 aromatic carbocycles. The summed E-state index contributed by atoms with van der Waals surface area (Å²) in [6, 6.07) is 7.70. The zero-order valence-corrected chi connectivity index (χ0v) is 12.5. The minimum atomic E-state index is -0.825. The van der Waals surface area contributed by atoms with Crippen molar-refractivity contribution in [3.05, 3.63) is 62.6 Å². The van der Waals surface area contributed by atoms with Gasteiger partial charge < -0.3 is 15.8 Å². The summed E-state index contributed by atoms with van der Waals surface area (Å²) in [6.45, 7) is 1.62. The maximum Gasteiger partial charge on any atom is 0.336 e. The van der Waals surface area contributed by atoms with Crippen LogP contribution in [-0.2, 0) is 9.53 Å². The Morgan fingerprint density at radius 3 is 2.78 bits per heavy atom. The van der Waals surface area contributed by atoms with Crippen LogP contribution in [0.4, 0.5) is 5.69 Å². The summed E-state index contributed by atoms with van der Waals surface area (Å²) in [7, 11) is 1.22. The van der Waals surface area contributed by atoms with E-state index in [2.05, 4.69) is 5.32 Å². The molecule has 1 aliphatic rings. The van der Waals surface area contributed by atoms with Gasteiger partial charge in [-0.05, 0) is 12.5 Å². The van der Waals surface area contributed by atoms with Crippen LogP contribution in [0.3, 0.4) is 0 Å². The molecule has 1 aliphatic heterocycles. The minimum Gasteiger partial charge on any atom is -0.466 e. The molecular weight excluding hydrogens is 300 g/mol. The first-order valence-electron chi connectivity index (χ1n) is 6.60. The van der Waals surface area contributed by atoms with Gasteiger partial charge in [0.05, 0.1) is 35.2 Å². The predicted molar refractivity (Wildman–Crippen MR) is 80.5 cm³/mol. The molecule has 0 bridgehead atoms. The second-order valence-electron chi connectivity index (χ2n) is 4.88. The van der Waals surface area contributed by atoms with Crippen molar-refractivity contribution < 1.29 is 14.5 Å². The van der Waals surface area contributed by atoms with E-state index in [1.165, 1.54) is 25.3 Å². The Morgan fingerprint density at radius 1 is 1.52 bits per heavy atom. The summed E-state index contributed by atoms with van der Waals surface area (Å²) in [5.41, 5.74) is 6.85. The van der Waals surface area contributed by atoms with Crippen LogP contribution in [0.2, 0.25) is 0 Å². The molecule has 1 aromatic rings. The highest BCUT2D eigenvalue weighted by Gasteiger charge is 2.35. The number of nitrogens with zero attached hydrogens (tertiary/aromatic N) is 2. The number of carbonyl (C=O) groups excluding carboxylic acids is 1. The molecule has 0 aliphatic carbocycles. The standard InChI is InChI=1S/C15H14N4O4/c1-8-12(15(20)23-2)13(11(7-16)14(17)18-8)9-4-3-5-10(6-9)19(21)22/h3-6,13,18H,17H2,1-2H3. The quantitative estimate of drug-likeness (QED) is 0.490. The van der Waals surface area contributed by atoms with Gasteiger partial charge in [0.15, 0.2) is 0 Å². The lowest BCUT2D eigenvalue weighted by Gasteiger charge is -2.27. The first-order valence-corrected chi connectivity index (χ1v) is 6.60. The van der Waals surface area contributed by atoms with Crippen molar-refractivity contribution in [2.45, 2.75) is 12.8 Å². The number of nitrogens with two attached hydrogens (primary N) is 1. The van der Waals surface area contributed by atoms with Crippen molar-refractivity contribution in [2.24, 2.45) is 5.73 Å². The average molecular weight is 314 g/mol. The number of ether oxygens (including phenoxy) is 1. The number of rotatable bonds is 3. The van der Waals surface area contributed by atoms with E-state index in [9.17, 15) is 20.2 Å². The summed E-state index contributed by atoms with van der Waals surface area (Å²) in [5.74, 6) is -1.35. The first-order chi connectivity index (χ1) is 10.9. The Kier molecular flexibility index (Phi) is 4.32. The zero-order valence-electron chi connectivity index (χ0n) is 12.5. The smallest absolute Gasteiger partial charge is 0.336 e. The molecule has 1 heterocycles. The Bertz CT molecular complexity index is 789. The van der Waals surface area contributed by atoms with Crippen molar-refractivity contribution in [1.29, 1.82) is 5.26 Å². The van der Waals surface area contributed by atoms with E-state index in [1.807, 2.05) is 6.07 Å². The van der Waals surface area contributed by atoms with E-state index in [0.29, 0.717) is 11.3 Å². The SMILES string of the molecule is COC(=O)C1=C(C)NC(N)=C(C#N)C1c1cccc([N+](=O)[O-])c1. The lowest BCUT2D eigenvalue weighted by Crippen LogP contribution is -2.32. The van der Waals surface area contributed by atoms with E-state index in [4.69, 9.17) is 10.5 Å².